The molecule has 22 heavy (non-hydrogen) atoms. The highest BCUT2D eigenvalue weighted by atomic mass is 79.9. The fraction of sp³-hybridized carbons (Fsp3) is 0.0667. The zero-order valence-electron chi connectivity index (χ0n) is 11.6. The van der Waals surface area contributed by atoms with Crippen LogP contribution in [0.3, 0.4) is 0 Å². The predicted octanol–water partition coefficient (Wildman–Crippen LogP) is 2.53. The first-order valence-electron chi connectivity index (χ1n) is 6.25. The van der Waals surface area contributed by atoms with E-state index in [0.29, 0.717) is 5.75 Å². The maximum absolute atomic E-state index is 11.7. The van der Waals surface area contributed by atoms with Crippen molar-refractivity contribution in [2.75, 3.05) is 7.11 Å². The van der Waals surface area contributed by atoms with Gasteiger partial charge in [-0.05, 0) is 36.4 Å². The number of amides is 2. The van der Waals surface area contributed by atoms with Crippen molar-refractivity contribution in [1.29, 1.82) is 0 Å². The Balaban J connectivity index is 1.94. The van der Waals surface area contributed by atoms with E-state index >= 15 is 0 Å². The molecule has 1 heterocycles. The normalized spacial score (nSPS) is 10.5. The number of hydrazine groups is 1. The topological polar surface area (TPSA) is 80.6 Å². The zero-order chi connectivity index (χ0) is 15.9. The van der Waals surface area contributed by atoms with E-state index in [1.807, 2.05) is 12.1 Å². The van der Waals surface area contributed by atoms with Gasteiger partial charge in [-0.1, -0.05) is 15.9 Å². The van der Waals surface area contributed by atoms with Gasteiger partial charge in [-0.15, -0.1) is 0 Å². The van der Waals surface area contributed by atoms with Gasteiger partial charge in [0, 0.05) is 16.1 Å². The molecule has 7 heteroatoms. The number of halogens is 1. The van der Waals surface area contributed by atoms with E-state index in [9.17, 15) is 9.59 Å². The molecule has 0 atom stereocenters. The molecule has 114 valence electrons. The van der Waals surface area contributed by atoms with Crippen molar-refractivity contribution in [3.63, 3.8) is 0 Å². The standard InChI is InChI=1S/C15H13BrN2O4/c1-21-12-6-5-11(16)9-10(12)4-7-14(19)17-18-15(20)13-3-2-8-22-13/h2-9H,1H3,(H,17,19)(H,18,20). The molecule has 2 amide bonds. The third-order valence-electron chi connectivity index (χ3n) is 2.65. The molecule has 0 aliphatic heterocycles. The van der Waals surface area contributed by atoms with E-state index in [4.69, 9.17) is 9.15 Å². The summed E-state index contributed by atoms with van der Waals surface area (Å²) in [7, 11) is 1.55. The van der Waals surface area contributed by atoms with Crippen LogP contribution in [0.5, 0.6) is 5.75 Å². The summed E-state index contributed by atoms with van der Waals surface area (Å²) in [5, 5.41) is 0. The zero-order valence-corrected chi connectivity index (χ0v) is 13.2. The number of ether oxygens (including phenoxy) is 1. The largest absolute Gasteiger partial charge is 0.496 e. The van der Waals surface area contributed by atoms with Crippen LogP contribution in [-0.4, -0.2) is 18.9 Å². The van der Waals surface area contributed by atoms with Crippen LogP contribution in [0.1, 0.15) is 16.1 Å². The second-order valence-electron chi connectivity index (χ2n) is 4.14. The van der Waals surface area contributed by atoms with Gasteiger partial charge in [-0.3, -0.25) is 20.4 Å². The van der Waals surface area contributed by atoms with Gasteiger partial charge >= 0.3 is 5.91 Å². The lowest BCUT2D eigenvalue weighted by atomic mass is 10.2. The lowest BCUT2D eigenvalue weighted by Gasteiger charge is -2.05. The monoisotopic (exact) mass is 364 g/mol. The van der Waals surface area contributed by atoms with Crippen molar-refractivity contribution < 1.29 is 18.7 Å². The quantitative estimate of drug-likeness (QED) is 0.645. The third-order valence-corrected chi connectivity index (χ3v) is 3.14. The molecule has 0 saturated carbocycles. The number of carbonyl (C=O) groups excluding carboxylic acids is 2. The first-order chi connectivity index (χ1) is 10.6. The highest BCUT2D eigenvalue weighted by Gasteiger charge is 2.08. The molecule has 0 fully saturated rings. The fourth-order valence-corrected chi connectivity index (χ4v) is 2.01. The lowest BCUT2D eigenvalue weighted by molar-refractivity contribution is -0.117. The molecule has 2 rings (SSSR count). The summed E-state index contributed by atoms with van der Waals surface area (Å²) < 4.78 is 11.0. The molecular weight excluding hydrogens is 352 g/mol. The van der Waals surface area contributed by atoms with Crippen LogP contribution in [0.4, 0.5) is 0 Å². The van der Waals surface area contributed by atoms with Crippen molar-refractivity contribution in [2.24, 2.45) is 0 Å². The van der Waals surface area contributed by atoms with Crippen LogP contribution < -0.4 is 15.6 Å². The Morgan fingerprint density at radius 1 is 1.27 bits per heavy atom. The van der Waals surface area contributed by atoms with Crippen molar-refractivity contribution in [2.45, 2.75) is 0 Å². The molecule has 0 aliphatic carbocycles. The first-order valence-corrected chi connectivity index (χ1v) is 7.05. The van der Waals surface area contributed by atoms with Gasteiger partial charge in [0.15, 0.2) is 5.76 Å². The Morgan fingerprint density at radius 2 is 2.09 bits per heavy atom. The van der Waals surface area contributed by atoms with Crippen LogP contribution in [0, 0.1) is 0 Å². The molecule has 0 unspecified atom stereocenters. The van der Waals surface area contributed by atoms with Crippen LogP contribution in [0.2, 0.25) is 0 Å². The number of hydrogen-bond donors (Lipinski definition) is 2. The Kier molecular flexibility index (Phi) is 5.37. The lowest BCUT2D eigenvalue weighted by Crippen LogP contribution is -2.40. The molecule has 2 N–H and O–H groups in total. The Hall–Kier alpha value is -2.54. The van der Waals surface area contributed by atoms with Crippen LogP contribution in [0.25, 0.3) is 6.08 Å². The summed E-state index contributed by atoms with van der Waals surface area (Å²) >= 11 is 3.35. The summed E-state index contributed by atoms with van der Waals surface area (Å²) in [6.45, 7) is 0. The van der Waals surface area contributed by atoms with E-state index in [-0.39, 0.29) is 5.76 Å². The van der Waals surface area contributed by atoms with Crippen molar-refractivity contribution >= 4 is 33.8 Å². The number of methoxy groups -OCH3 is 1. The summed E-state index contributed by atoms with van der Waals surface area (Å²) in [6, 6.07) is 8.49. The van der Waals surface area contributed by atoms with E-state index in [0.717, 1.165) is 10.0 Å². The second-order valence-corrected chi connectivity index (χ2v) is 5.06. The Bertz CT molecular complexity index is 696. The minimum Gasteiger partial charge on any atom is -0.496 e. The highest BCUT2D eigenvalue weighted by molar-refractivity contribution is 9.10. The van der Waals surface area contributed by atoms with E-state index < -0.39 is 11.8 Å². The maximum Gasteiger partial charge on any atom is 0.305 e. The second kappa shape index (κ2) is 7.46. The minimum atomic E-state index is -0.535. The van der Waals surface area contributed by atoms with Gasteiger partial charge in [0.2, 0.25) is 0 Å². The van der Waals surface area contributed by atoms with Gasteiger partial charge in [-0.25, -0.2) is 0 Å². The molecular formula is C15H13BrN2O4. The summed E-state index contributed by atoms with van der Waals surface area (Å²) in [4.78, 5) is 23.2. The number of furan rings is 1. The van der Waals surface area contributed by atoms with E-state index in [1.165, 1.54) is 18.4 Å². The molecule has 0 bridgehead atoms. The maximum atomic E-state index is 11.7. The number of carbonyl (C=O) groups is 2. The molecule has 0 spiro atoms. The average molecular weight is 365 g/mol. The van der Waals surface area contributed by atoms with Crippen LogP contribution in [0.15, 0.2) is 51.6 Å². The Morgan fingerprint density at radius 3 is 2.77 bits per heavy atom. The smallest absolute Gasteiger partial charge is 0.305 e. The fourth-order valence-electron chi connectivity index (χ4n) is 1.63. The van der Waals surface area contributed by atoms with E-state index in [1.54, 1.807) is 25.3 Å². The summed E-state index contributed by atoms with van der Waals surface area (Å²) in [5.74, 6) is -0.279. The van der Waals surface area contributed by atoms with Gasteiger partial charge in [0.1, 0.15) is 5.75 Å². The molecule has 6 nitrogen and oxygen atoms in total. The number of nitrogens with one attached hydrogen (secondary N) is 2. The highest BCUT2D eigenvalue weighted by Crippen LogP contribution is 2.23. The molecule has 1 aromatic heterocycles. The number of hydrogen-bond acceptors (Lipinski definition) is 4. The third kappa shape index (κ3) is 4.23. The Labute approximate surface area is 135 Å². The number of benzene rings is 1. The molecule has 2 aromatic rings. The van der Waals surface area contributed by atoms with Crippen LogP contribution >= 0.6 is 15.9 Å². The molecule has 1 aromatic carbocycles. The molecule has 0 saturated heterocycles. The molecule has 0 radical (unpaired) electrons. The first kappa shape index (κ1) is 15.8. The SMILES string of the molecule is COc1ccc(Br)cc1C=CC(=O)NNC(=O)c1ccco1. The molecule has 0 aliphatic rings. The van der Waals surface area contributed by atoms with E-state index in [2.05, 4.69) is 26.8 Å². The van der Waals surface area contributed by atoms with Gasteiger partial charge in [-0.2, -0.15) is 0 Å². The van der Waals surface area contributed by atoms with Gasteiger partial charge < -0.3 is 9.15 Å². The van der Waals surface area contributed by atoms with Crippen molar-refractivity contribution in [3.05, 3.63) is 58.5 Å². The average Bonchev–Trinajstić information content (AvgIpc) is 3.05. The minimum absolute atomic E-state index is 0.109. The van der Waals surface area contributed by atoms with Crippen molar-refractivity contribution in [3.8, 4) is 5.75 Å². The van der Waals surface area contributed by atoms with Gasteiger partial charge in [0.25, 0.3) is 5.91 Å². The van der Waals surface area contributed by atoms with Crippen LogP contribution in [-0.2, 0) is 4.79 Å². The summed E-state index contributed by atoms with van der Waals surface area (Å²) in [5.41, 5.74) is 5.22. The van der Waals surface area contributed by atoms with Crippen molar-refractivity contribution in [1.82, 2.24) is 10.9 Å². The summed E-state index contributed by atoms with van der Waals surface area (Å²) in [6.07, 6.45) is 4.24. The number of rotatable bonds is 4. The predicted molar refractivity (Wildman–Crippen MR) is 84.0 cm³/mol. The van der Waals surface area contributed by atoms with Gasteiger partial charge in [0.05, 0.1) is 13.4 Å².